The second kappa shape index (κ2) is 6.27. The van der Waals surface area contributed by atoms with Crippen molar-refractivity contribution in [3.8, 4) is 0 Å². The molecule has 1 amide bonds. The van der Waals surface area contributed by atoms with Gasteiger partial charge in [0.1, 0.15) is 5.82 Å². The lowest BCUT2D eigenvalue weighted by atomic mass is 9.98. The van der Waals surface area contributed by atoms with Gasteiger partial charge in [0.2, 0.25) is 5.91 Å². The molecule has 2 aromatic rings. The van der Waals surface area contributed by atoms with Gasteiger partial charge in [-0.05, 0) is 18.9 Å². The van der Waals surface area contributed by atoms with E-state index in [0.29, 0.717) is 0 Å². The Bertz CT molecular complexity index is 652. The molecule has 2 unspecified atom stereocenters. The summed E-state index contributed by atoms with van der Waals surface area (Å²) in [5, 5.41) is 11.4. The van der Waals surface area contributed by atoms with E-state index in [0.717, 1.165) is 36.6 Å². The molecule has 6 nitrogen and oxygen atoms in total. The quantitative estimate of drug-likeness (QED) is 0.867. The van der Waals surface area contributed by atoms with Gasteiger partial charge in [-0.2, -0.15) is 0 Å². The molecule has 3 N–H and O–H groups in total. The fourth-order valence-corrected chi connectivity index (χ4v) is 2.95. The lowest BCUT2D eigenvalue weighted by Crippen LogP contribution is -2.36. The highest BCUT2D eigenvalue weighted by Crippen LogP contribution is 2.20. The molecule has 3 rings (SSSR count). The van der Waals surface area contributed by atoms with Crippen LogP contribution in [0.1, 0.15) is 42.5 Å². The van der Waals surface area contributed by atoms with Gasteiger partial charge in [0, 0.05) is 19.5 Å². The fraction of sp³-hybridized carbons (Fsp3) is 0.438. The van der Waals surface area contributed by atoms with Crippen LogP contribution in [-0.2, 0) is 17.8 Å². The van der Waals surface area contributed by atoms with Crippen molar-refractivity contribution in [2.45, 2.75) is 38.3 Å². The minimum absolute atomic E-state index is 0.0726. The molecule has 0 bridgehead atoms. The van der Waals surface area contributed by atoms with Crippen LogP contribution >= 0.6 is 0 Å². The maximum absolute atomic E-state index is 12.5. The molecule has 6 heteroatoms. The van der Waals surface area contributed by atoms with Crippen LogP contribution in [0.5, 0.6) is 0 Å². The second-order valence-electron chi connectivity index (χ2n) is 5.66. The lowest BCUT2D eigenvalue weighted by molar-refractivity contribution is -0.123. The summed E-state index contributed by atoms with van der Waals surface area (Å²) in [5.74, 6) is 1.42. The summed E-state index contributed by atoms with van der Waals surface area (Å²) in [6, 6.07) is 9.44. The average Bonchev–Trinajstić information content (AvgIpc) is 3.11. The van der Waals surface area contributed by atoms with Crippen LogP contribution < -0.4 is 11.1 Å². The van der Waals surface area contributed by atoms with Gasteiger partial charge in [-0.25, -0.2) is 0 Å². The van der Waals surface area contributed by atoms with Crippen molar-refractivity contribution in [1.29, 1.82) is 0 Å². The summed E-state index contributed by atoms with van der Waals surface area (Å²) >= 11 is 0. The second-order valence-corrected chi connectivity index (χ2v) is 5.66. The molecule has 116 valence electrons. The van der Waals surface area contributed by atoms with Gasteiger partial charge in [0.05, 0.1) is 12.0 Å². The van der Waals surface area contributed by atoms with Crippen LogP contribution in [0.2, 0.25) is 0 Å². The SMILES string of the molecule is CC(NC(=O)C(CN)c1ccccc1)c1nnc2n1CCC2. The van der Waals surface area contributed by atoms with E-state index >= 15 is 0 Å². The molecule has 1 aromatic heterocycles. The molecule has 0 radical (unpaired) electrons. The number of nitrogens with one attached hydrogen (secondary N) is 1. The van der Waals surface area contributed by atoms with Crippen molar-refractivity contribution >= 4 is 5.91 Å². The van der Waals surface area contributed by atoms with Gasteiger partial charge in [-0.15, -0.1) is 10.2 Å². The Morgan fingerprint density at radius 2 is 2.14 bits per heavy atom. The number of amides is 1. The predicted octanol–water partition coefficient (Wildman–Crippen LogP) is 1.14. The Morgan fingerprint density at radius 1 is 1.36 bits per heavy atom. The molecule has 1 aliphatic heterocycles. The zero-order valence-corrected chi connectivity index (χ0v) is 12.7. The molecule has 0 spiro atoms. The van der Waals surface area contributed by atoms with Crippen molar-refractivity contribution < 1.29 is 4.79 Å². The van der Waals surface area contributed by atoms with Gasteiger partial charge in [0.25, 0.3) is 0 Å². The van der Waals surface area contributed by atoms with E-state index < -0.39 is 0 Å². The smallest absolute Gasteiger partial charge is 0.229 e. The van der Waals surface area contributed by atoms with E-state index in [1.165, 1.54) is 0 Å². The summed E-state index contributed by atoms with van der Waals surface area (Å²) in [6.07, 6.45) is 2.05. The summed E-state index contributed by atoms with van der Waals surface area (Å²) in [4.78, 5) is 12.5. The summed E-state index contributed by atoms with van der Waals surface area (Å²) in [5.41, 5.74) is 6.73. The number of hydrogen-bond acceptors (Lipinski definition) is 4. The number of nitrogens with zero attached hydrogens (tertiary/aromatic N) is 3. The first-order valence-corrected chi connectivity index (χ1v) is 7.68. The molecule has 22 heavy (non-hydrogen) atoms. The lowest BCUT2D eigenvalue weighted by Gasteiger charge is -2.19. The summed E-state index contributed by atoms with van der Waals surface area (Å²) < 4.78 is 2.10. The number of carbonyl (C=O) groups is 1. The predicted molar refractivity (Wildman–Crippen MR) is 83.1 cm³/mol. The molecule has 0 saturated heterocycles. The number of aromatic nitrogens is 3. The normalized spacial score (nSPS) is 16.1. The zero-order chi connectivity index (χ0) is 15.5. The van der Waals surface area contributed by atoms with Gasteiger partial charge in [0.15, 0.2) is 5.82 Å². The van der Waals surface area contributed by atoms with E-state index in [1.54, 1.807) is 0 Å². The van der Waals surface area contributed by atoms with Crippen molar-refractivity contribution in [3.63, 3.8) is 0 Å². The van der Waals surface area contributed by atoms with Crippen molar-refractivity contribution in [2.24, 2.45) is 5.73 Å². The van der Waals surface area contributed by atoms with Crippen LogP contribution in [0, 0.1) is 0 Å². The van der Waals surface area contributed by atoms with Crippen LogP contribution in [-0.4, -0.2) is 27.2 Å². The zero-order valence-electron chi connectivity index (χ0n) is 12.7. The Kier molecular flexibility index (Phi) is 4.20. The van der Waals surface area contributed by atoms with E-state index in [2.05, 4.69) is 20.1 Å². The van der Waals surface area contributed by atoms with E-state index in [4.69, 9.17) is 5.73 Å². The maximum Gasteiger partial charge on any atom is 0.229 e. The molecule has 2 atom stereocenters. The highest BCUT2D eigenvalue weighted by atomic mass is 16.2. The fourth-order valence-electron chi connectivity index (χ4n) is 2.95. The largest absolute Gasteiger partial charge is 0.346 e. The molecule has 1 aliphatic rings. The third-order valence-electron chi connectivity index (χ3n) is 4.14. The standard InChI is InChI=1S/C16H21N5O/c1-11(15-20-19-14-8-5-9-21(14)15)18-16(22)13(10-17)12-6-3-2-4-7-12/h2-4,6-7,11,13H,5,8-10,17H2,1H3,(H,18,22). The Morgan fingerprint density at radius 3 is 2.86 bits per heavy atom. The minimum Gasteiger partial charge on any atom is -0.346 e. The molecule has 0 aliphatic carbocycles. The number of rotatable bonds is 5. The number of benzene rings is 1. The van der Waals surface area contributed by atoms with E-state index in [9.17, 15) is 4.79 Å². The molecular formula is C16H21N5O. The Labute approximate surface area is 129 Å². The first-order valence-electron chi connectivity index (χ1n) is 7.68. The van der Waals surface area contributed by atoms with Crippen molar-refractivity contribution in [2.75, 3.05) is 6.54 Å². The number of aryl methyl sites for hydroxylation is 1. The highest BCUT2D eigenvalue weighted by molar-refractivity contribution is 5.84. The molecule has 2 heterocycles. The van der Waals surface area contributed by atoms with Gasteiger partial charge < -0.3 is 15.6 Å². The average molecular weight is 299 g/mol. The number of fused-ring (bicyclic) bond motifs is 1. The van der Waals surface area contributed by atoms with Crippen LogP contribution in [0.3, 0.4) is 0 Å². The molecular weight excluding hydrogens is 278 g/mol. The third kappa shape index (κ3) is 2.74. The monoisotopic (exact) mass is 299 g/mol. The number of carbonyl (C=O) groups excluding carboxylic acids is 1. The third-order valence-corrected chi connectivity index (χ3v) is 4.14. The maximum atomic E-state index is 12.5. The van der Waals surface area contributed by atoms with E-state index in [1.807, 2.05) is 37.3 Å². The number of nitrogens with two attached hydrogens (primary N) is 1. The van der Waals surface area contributed by atoms with E-state index in [-0.39, 0.29) is 24.4 Å². The highest BCUT2D eigenvalue weighted by Gasteiger charge is 2.25. The van der Waals surface area contributed by atoms with Crippen LogP contribution in [0.4, 0.5) is 0 Å². The van der Waals surface area contributed by atoms with Crippen molar-refractivity contribution in [1.82, 2.24) is 20.1 Å². The first kappa shape index (κ1) is 14.7. The van der Waals surface area contributed by atoms with Crippen molar-refractivity contribution in [3.05, 3.63) is 47.5 Å². The Hall–Kier alpha value is -2.21. The topological polar surface area (TPSA) is 85.8 Å². The summed E-state index contributed by atoms with van der Waals surface area (Å²) in [7, 11) is 0. The van der Waals surface area contributed by atoms with Gasteiger partial charge in [-0.1, -0.05) is 30.3 Å². The molecule has 0 fully saturated rings. The molecule has 1 aromatic carbocycles. The van der Waals surface area contributed by atoms with Crippen LogP contribution in [0.15, 0.2) is 30.3 Å². The van der Waals surface area contributed by atoms with Crippen LogP contribution in [0.25, 0.3) is 0 Å². The Balaban J connectivity index is 1.72. The molecule has 0 saturated carbocycles. The number of hydrogen-bond donors (Lipinski definition) is 2. The van der Waals surface area contributed by atoms with Gasteiger partial charge >= 0.3 is 0 Å². The minimum atomic E-state index is -0.343. The summed E-state index contributed by atoms with van der Waals surface area (Å²) in [6.45, 7) is 3.14. The van der Waals surface area contributed by atoms with Gasteiger partial charge in [-0.3, -0.25) is 4.79 Å². The first-order chi connectivity index (χ1) is 10.7.